The van der Waals surface area contributed by atoms with E-state index in [1.807, 2.05) is 33.8 Å². The van der Waals surface area contributed by atoms with Crippen LogP contribution in [-0.4, -0.2) is 22.3 Å². The third-order valence-electron chi connectivity index (χ3n) is 1.94. The fourth-order valence-electron chi connectivity index (χ4n) is 1.18. The average molecular weight is 235 g/mol. The maximum absolute atomic E-state index is 11.6. The Morgan fingerprint density at radius 1 is 1.24 bits per heavy atom. The van der Waals surface area contributed by atoms with Gasteiger partial charge in [-0.15, -0.1) is 0 Å². The minimum absolute atomic E-state index is 0.404. The molecule has 0 saturated heterocycles. The lowest BCUT2D eigenvalue weighted by Crippen LogP contribution is -2.46. The number of nitrogens with zero attached hydrogens (tertiary/aromatic N) is 1. The molecule has 0 saturated carbocycles. The molecule has 1 aromatic rings. The number of rotatable bonds is 1. The van der Waals surface area contributed by atoms with Crippen LogP contribution in [0, 0.1) is 6.92 Å². The van der Waals surface area contributed by atoms with Gasteiger partial charge in [0.05, 0.1) is 0 Å². The molecule has 2 N–H and O–H groups in total. The molecule has 2 amide bonds. The zero-order valence-corrected chi connectivity index (χ0v) is 10.5. The van der Waals surface area contributed by atoms with Crippen LogP contribution in [0.5, 0.6) is 0 Å². The molecule has 0 fully saturated rings. The van der Waals surface area contributed by atoms with E-state index in [4.69, 9.17) is 0 Å². The van der Waals surface area contributed by atoms with Crippen LogP contribution in [0.25, 0.3) is 0 Å². The lowest BCUT2D eigenvalue weighted by atomic mass is 10.1. The van der Waals surface area contributed by atoms with Crippen molar-refractivity contribution < 1.29 is 9.59 Å². The van der Waals surface area contributed by atoms with Crippen molar-refractivity contribution >= 4 is 17.6 Å². The van der Waals surface area contributed by atoms with Crippen LogP contribution in [-0.2, 0) is 9.59 Å². The fourth-order valence-corrected chi connectivity index (χ4v) is 1.18. The molecule has 0 unspecified atom stereocenters. The van der Waals surface area contributed by atoms with Crippen LogP contribution in [0.3, 0.4) is 0 Å². The van der Waals surface area contributed by atoms with Gasteiger partial charge in [0, 0.05) is 11.7 Å². The summed E-state index contributed by atoms with van der Waals surface area (Å²) in [6.07, 6.45) is 1.56. The quantitative estimate of drug-likeness (QED) is 0.719. The third kappa shape index (κ3) is 4.22. The van der Waals surface area contributed by atoms with Crippen molar-refractivity contribution in [2.75, 3.05) is 5.32 Å². The van der Waals surface area contributed by atoms with Crippen LogP contribution < -0.4 is 10.6 Å². The van der Waals surface area contributed by atoms with E-state index in [1.54, 1.807) is 12.3 Å². The number of carbonyl (C=O) groups excluding carboxylic acids is 2. The molecule has 0 spiro atoms. The summed E-state index contributed by atoms with van der Waals surface area (Å²) in [5.74, 6) is -0.967. The summed E-state index contributed by atoms with van der Waals surface area (Å²) < 4.78 is 0. The van der Waals surface area contributed by atoms with E-state index in [9.17, 15) is 9.59 Å². The van der Waals surface area contributed by atoms with E-state index in [0.29, 0.717) is 5.82 Å². The summed E-state index contributed by atoms with van der Waals surface area (Å²) in [4.78, 5) is 27.1. The lowest BCUT2D eigenvalue weighted by molar-refractivity contribution is -0.137. The summed E-state index contributed by atoms with van der Waals surface area (Å²) in [6.45, 7) is 7.24. The Morgan fingerprint density at radius 2 is 1.88 bits per heavy atom. The van der Waals surface area contributed by atoms with Crippen molar-refractivity contribution in [3.05, 3.63) is 23.9 Å². The summed E-state index contributed by atoms with van der Waals surface area (Å²) in [5, 5.41) is 5.05. The summed E-state index contributed by atoms with van der Waals surface area (Å²) >= 11 is 0. The van der Waals surface area contributed by atoms with E-state index in [0.717, 1.165) is 5.56 Å². The highest BCUT2D eigenvalue weighted by atomic mass is 16.2. The van der Waals surface area contributed by atoms with Gasteiger partial charge in [-0.3, -0.25) is 9.59 Å². The highest BCUT2D eigenvalue weighted by molar-refractivity contribution is 6.39. The van der Waals surface area contributed by atoms with E-state index in [-0.39, 0.29) is 0 Å². The maximum Gasteiger partial charge on any atom is 0.314 e. The lowest BCUT2D eigenvalue weighted by Gasteiger charge is -2.19. The maximum atomic E-state index is 11.6. The fraction of sp³-hybridized carbons (Fsp3) is 0.417. The average Bonchev–Trinajstić information content (AvgIpc) is 2.18. The van der Waals surface area contributed by atoms with Gasteiger partial charge in [-0.05, 0) is 39.3 Å². The van der Waals surface area contributed by atoms with Gasteiger partial charge in [0.1, 0.15) is 5.82 Å². The molecule has 5 nitrogen and oxygen atoms in total. The number of aromatic nitrogens is 1. The van der Waals surface area contributed by atoms with Crippen molar-refractivity contribution in [3.8, 4) is 0 Å². The second-order valence-corrected chi connectivity index (χ2v) is 4.83. The van der Waals surface area contributed by atoms with Gasteiger partial charge in [-0.2, -0.15) is 0 Å². The molecule has 1 aromatic heterocycles. The number of aryl methyl sites for hydroxylation is 1. The molecule has 1 heterocycles. The molecule has 17 heavy (non-hydrogen) atoms. The van der Waals surface area contributed by atoms with Crippen LogP contribution in [0.4, 0.5) is 5.82 Å². The van der Waals surface area contributed by atoms with Gasteiger partial charge in [-0.25, -0.2) is 4.98 Å². The molecule has 92 valence electrons. The van der Waals surface area contributed by atoms with Crippen molar-refractivity contribution in [2.24, 2.45) is 0 Å². The molecule has 5 heteroatoms. The monoisotopic (exact) mass is 235 g/mol. The second-order valence-electron chi connectivity index (χ2n) is 4.83. The van der Waals surface area contributed by atoms with E-state index < -0.39 is 17.4 Å². The topological polar surface area (TPSA) is 71.1 Å². The van der Waals surface area contributed by atoms with Gasteiger partial charge < -0.3 is 10.6 Å². The normalized spacial score (nSPS) is 10.8. The largest absolute Gasteiger partial charge is 0.343 e. The van der Waals surface area contributed by atoms with Crippen molar-refractivity contribution in [3.63, 3.8) is 0 Å². The van der Waals surface area contributed by atoms with Crippen LogP contribution in [0.1, 0.15) is 26.3 Å². The van der Waals surface area contributed by atoms with Crippen molar-refractivity contribution in [1.82, 2.24) is 10.3 Å². The number of hydrogen-bond donors (Lipinski definition) is 2. The predicted octanol–water partition coefficient (Wildman–Crippen LogP) is 1.24. The Morgan fingerprint density at radius 3 is 2.41 bits per heavy atom. The molecular formula is C12H17N3O2. The molecular weight excluding hydrogens is 218 g/mol. The Kier molecular flexibility index (Phi) is 3.83. The first kappa shape index (κ1) is 13.2. The zero-order valence-electron chi connectivity index (χ0n) is 10.5. The number of hydrogen-bond acceptors (Lipinski definition) is 3. The minimum Gasteiger partial charge on any atom is -0.343 e. The third-order valence-corrected chi connectivity index (χ3v) is 1.94. The van der Waals surface area contributed by atoms with Crippen LogP contribution in [0.2, 0.25) is 0 Å². The second kappa shape index (κ2) is 4.95. The molecule has 0 aromatic carbocycles. The Labute approximate surface area is 101 Å². The first-order chi connectivity index (χ1) is 7.79. The highest BCUT2D eigenvalue weighted by Gasteiger charge is 2.20. The Bertz CT molecular complexity index is 436. The van der Waals surface area contributed by atoms with Crippen LogP contribution >= 0.6 is 0 Å². The molecule has 0 aliphatic carbocycles. The predicted molar refractivity (Wildman–Crippen MR) is 65.5 cm³/mol. The van der Waals surface area contributed by atoms with Gasteiger partial charge in [0.25, 0.3) is 0 Å². The van der Waals surface area contributed by atoms with E-state index >= 15 is 0 Å². The van der Waals surface area contributed by atoms with Gasteiger partial charge >= 0.3 is 11.8 Å². The summed E-state index contributed by atoms with van der Waals surface area (Å²) in [7, 11) is 0. The highest BCUT2D eigenvalue weighted by Crippen LogP contribution is 2.08. The number of nitrogens with one attached hydrogen (secondary N) is 2. The molecule has 0 radical (unpaired) electrons. The van der Waals surface area contributed by atoms with Crippen molar-refractivity contribution in [1.29, 1.82) is 0 Å². The number of carbonyl (C=O) groups is 2. The molecule has 0 atom stereocenters. The van der Waals surface area contributed by atoms with E-state index in [1.165, 1.54) is 0 Å². The zero-order chi connectivity index (χ0) is 13.1. The SMILES string of the molecule is Cc1cccnc1NC(=O)C(=O)NC(C)(C)C. The smallest absolute Gasteiger partial charge is 0.314 e. The molecule has 0 aliphatic rings. The standard InChI is InChI=1S/C12H17N3O2/c1-8-6-5-7-13-9(8)14-10(16)11(17)15-12(2,3)4/h5-7H,1-4H3,(H,15,17)(H,13,14,16). The Hall–Kier alpha value is -1.91. The number of pyridine rings is 1. The van der Waals surface area contributed by atoms with Crippen molar-refractivity contribution in [2.45, 2.75) is 33.2 Å². The first-order valence-electron chi connectivity index (χ1n) is 5.35. The van der Waals surface area contributed by atoms with Gasteiger partial charge in [0.15, 0.2) is 0 Å². The van der Waals surface area contributed by atoms with Crippen LogP contribution in [0.15, 0.2) is 18.3 Å². The minimum atomic E-state index is -0.707. The van der Waals surface area contributed by atoms with E-state index in [2.05, 4.69) is 15.6 Å². The van der Waals surface area contributed by atoms with Gasteiger partial charge in [-0.1, -0.05) is 6.07 Å². The number of anilines is 1. The summed E-state index contributed by atoms with van der Waals surface area (Å²) in [5.41, 5.74) is 0.373. The number of amides is 2. The molecule has 0 bridgehead atoms. The molecule has 0 aliphatic heterocycles. The first-order valence-corrected chi connectivity index (χ1v) is 5.35. The van der Waals surface area contributed by atoms with Gasteiger partial charge in [0.2, 0.25) is 0 Å². The molecule has 1 rings (SSSR count). The Balaban J connectivity index is 2.68. The summed E-state index contributed by atoms with van der Waals surface area (Å²) in [6, 6.07) is 3.57.